The van der Waals surface area contributed by atoms with Gasteiger partial charge in [-0.1, -0.05) is 0 Å². The molecule has 0 aliphatic rings. The van der Waals surface area contributed by atoms with E-state index in [1.807, 2.05) is 0 Å². The Balaban J connectivity index is 1.84. The molecule has 0 saturated carbocycles. The molecule has 0 radical (unpaired) electrons. The summed E-state index contributed by atoms with van der Waals surface area (Å²) in [7, 11) is 0. The van der Waals surface area contributed by atoms with Crippen LogP contribution in [-0.2, 0) is 0 Å². The van der Waals surface area contributed by atoms with E-state index in [1.54, 1.807) is 29.9 Å². The van der Waals surface area contributed by atoms with Crippen LogP contribution in [0.4, 0.5) is 19.0 Å². The fourth-order valence-corrected chi connectivity index (χ4v) is 2.86. The molecule has 3 aromatic rings. The first kappa shape index (κ1) is 17.8. The summed E-state index contributed by atoms with van der Waals surface area (Å²) in [6.45, 7) is 1.03. The average molecular weight is 462 g/mol. The Labute approximate surface area is 155 Å². The largest absolute Gasteiger partial charge is 0.487 e. The second kappa shape index (κ2) is 7.46. The number of benzene rings is 1. The summed E-state index contributed by atoms with van der Waals surface area (Å²) in [5.74, 6) is 0.297. The predicted octanol–water partition coefficient (Wildman–Crippen LogP) is 4.29. The fourth-order valence-electron chi connectivity index (χ4n) is 2.36. The van der Waals surface area contributed by atoms with Crippen LogP contribution < -0.4 is 10.1 Å². The number of aromatic nitrogens is 3. The molecule has 0 spiro atoms. The number of alkyl halides is 2. The summed E-state index contributed by atoms with van der Waals surface area (Å²) >= 11 is 2.13. The average Bonchev–Trinajstić information content (AvgIpc) is 2.94. The molecule has 2 heterocycles. The van der Waals surface area contributed by atoms with Crippen molar-refractivity contribution in [2.75, 3.05) is 11.9 Å². The Kier molecular flexibility index (Phi) is 5.30. The lowest BCUT2D eigenvalue weighted by Gasteiger charge is -2.19. The van der Waals surface area contributed by atoms with Gasteiger partial charge in [-0.25, -0.2) is 22.7 Å². The molecule has 0 aliphatic carbocycles. The number of hydrogen-bond acceptors (Lipinski definition) is 4. The van der Waals surface area contributed by atoms with Gasteiger partial charge in [0.2, 0.25) is 0 Å². The highest BCUT2D eigenvalue weighted by Crippen LogP contribution is 2.29. The van der Waals surface area contributed by atoms with Crippen molar-refractivity contribution >= 4 is 34.1 Å². The standard InChI is InChI=1S/C16H14F3IN4O/c1-9(11-6-10(17)2-3-13(11)25-8-14(18)19)22-15-4-5-24-16(23-15)12(20)7-21-24/h2-7,9,14H,8H2,1H3,(H,22,23). The third-order valence-corrected chi connectivity index (χ3v) is 4.25. The van der Waals surface area contributed by atoms with Gasteiger partial charge in [-0.05, 0) is 53.8 Å². The molecule has 3 rings (SSSR count). The zero-order valence-electron chi connectivity index (χ0n) is 13.1. The van der Waals surface area contributed by atoms with E-state index in [2.05, 4.69) is 38.0 Å². The smallest absolute Gasteiger partial charge is 0.272 e. The lowest BCUT2D eigenvalue weighted by molar-refractivity contribution is 0.0813. The Morgan fingerprint density at radius 3 is 2.88 bits per heavy atom. The summed E-state index contributed by atoms with van der Waals surface area (Å²) in [6, 6.07) is 5.11. The molecule has 25 heavy (non-hydrogen) atoms. The summed E-state index contributed by atoms with van der Waals surface area (Å²) in [5.41, 5.74) is 1.12. The van der Waals surface area contributed by atoms with E-state index in [4.69, 9.17) is 4.74 Å². The number of nitrogens with one attached hydrogen (secondary N) is 1. The van der Waals surface area contributed by atoms with Crippen molar-refractivity contribution in [2.45, 2.75) is 19.4 Å². The summed E-state index contributed by atoms with van der Waals surface area (Å²) < 4.78 is 46.0. The van der Waals surface area contributed by atoms with Crippen molar-refractivity contribution in [1.82, 2.24) is 14.6 Å². The van der Waals surface area contributed by atoms with Crippen LogP contribution in [0.25, 0.3) is 5.65 Å². The van der Waals surface area contributed by atoms with Crippen LogP contribution in [0.1, 0.15) is 18.5 Å². The minimum absolute atomic E-state index is 0.210. The Hall–Kier alpha value is -2.04. The van der Waals surface area contributed by atoms with Crippen molar-refractivity contribution in [2.24, 2.45) is 0 Å². The van der Waals surface area contributed by atoms with Crippen molar-refractivity contribution in [3.8, 4) is 5.75 Å². The number of halogens is 4. The second-order valence-corrected chi connectivity index (χ2v) is 6.49. The van der Waals surface area contributed by atoms with Gasteiger partial charge in [-0.3, -0.25) is 0 Å². The van der Waals surface area contributed by atoms with Gasteiger partial charge in [-0.2, -0.15) is 5.10 Å². The van der Waals surface area contributed by atoms with Crippen LogP contribution in [0.2, 0.25) is 0 Å². The molecule has 1 atom stereocenters. The first-order valence-corrected chi connectivity index (χ1v) is 8.48. The predicted molar refractivity (Wildman–Crippen MR) is 95.6 cm³/mol. The van der Waals surface area contributed by atoms with Crippen LogP contribution in [0.15, 0.2) is 36.7 Å². The van der Waals surface area contributed by atoms with E-state index in [0.717, 1.165) is 3.57 Å². The summed E-state index contributed by atoms with van der Waals surface area (Å²) in [5, 5.41) is 7.27. The highest BCUT2D eigenvalue weighted by molar-refractivity contribution is 14.1. The minimum atomic E-state index is -2.60. The van der Waals surface area contributed by atoms with E-state index in [9.17, 15) is 13.2 Å². The number of hydrogen-bond donors (Lipinski definition) is 1. The van der Waals surface area contributed by atoms with E-state index in [-0.39, 0.29) is 5.75 Å². The highest BCUT2D eigenvalue weighted by atomic mass is 127. The molecule has 0 bridgehead atoms. The van der Waals surface area contributed by atoms with E-state index >= 15 is 0 Å². The van der Waals surface area contributed by atoms with Crippen LogP contribution in [0, 0.1) is 9.39 Å². The molecule has 0 fully saturated rings. The maximum atomic E-state index is 13.6. The van der Waals surface area contributed by atoms with E-state index < -0.39 is 24.9 Å². The second-order valence-electron chi connectivity index (χ2n) is 5.32. The molecule has 0 aliphatic heterocycles. The first-order valence-electron chi connectivity index (χ1n) is 7.41. The van der Waals surface area contributed by atoms with Gasteiger partial charge < -0.3 is 10.1 Å². The van der Waals surface area contributed by atoms with Gasteiger partial charge in [0.15, 0.2) is 5.65 Å². The molecule has 0 amide bonds. The quantitative estimate of drug-likeness (QED) is 0.556. The normalized spacial score (nSPS) is 12.6. The van der Waals surface area contributed by atoms with Crippen LogP contribution in [0.3, 0.4) is 0 Å². The van der Waals surface area contributed by atoms with Gasteiger partial charge in [0, 0.05) is 11.8 Å². The summed E-state index contributed by atoms with van der Waals surface area (Å²) in [6.07, 6.45) is 0.840. The summed E-state index contributed by atoms with van der Waals surface area (Å²) in [4.78, 5) is 4.45. The molecule has 9 heteroatoms. The van der Waals surface area contributed by atoms with Gasteiger partial charge in [-0.15, -0.1) is 0 Å². The molecule has 0 saturated heterocycles. The zero-order chi connectivity index (χ0) is 18.0. The molecule has 1 unspecified atom stereocenters. The third-order valence-electron chi connectivity index (χ3n) is 3.49. The molecule has 2 aromatic heterocycles. The zero-order valence-corrected chi connectivity index (χ0v) is 15.2. The lowest BCUT2D eigenvalue weighted by atomic mass is 10.1. The van der Waals surface area contributed by atoms with Crippen molar-refractivity contribution < 1.29 is 17.9 Å². The topological polar surface area (TPSA) is 51.5 Å². The highest BCUT2D eigenvalue weighted by Gasteiger charge is 2.16. The number of nitrogens with zero attached hydrogens (tertiary/aromatic N) is 3. The van der Waals surface area contributed by atoms with Gasteiger partial charge in [0.05, 0.1) is 15.8 Å². The van der Waals surface area contributed by atoms with Crippen LogP contribution in [-0.4, -0.2) is 27.6 Å². The lowest BCUT2D eigenvalue weighted by Crippen LogP contribution is -2.13. The number of anilines is 1. The van der Waals surface area contributed by atoms with Crippen molar-refractivity contribution in [3.05, 3.63) is 51.6 Å². The Morgan fingerprint density at radius 1 is 1.32 bits per heavy atom. The van der Waals surface area contributed by atoms with Gasteiger partial charge in [0.1, 0.15) is 24.0 Å². The molecular formula is C16H14F3IN4O. The van der Waals surface area contributed by atoms with Crippen molar-refractivity contribution in [1.29, 1.82) is 0 Å². The van der Waals surface area contributed by atoms with Gasteiger partial charge >= 0.3 is 0 Å². The van der Waals surface area contributed by atoms with E-state index in [0.29, 0.717) is 17.0 Å². The number of rotatable bonds is 6. The first-order chi connectivity index (χ1) is 11.9. The fraction of sp³-hybridized carbons (Fsp3) is 0.250. The van der Waals surface area contributed by atoms with Crippen LogP contribution in [0.5, 0.6) is 5.75 Å². The van der Waals surface area contributed by atoms with Gasteiger partial charge in [0.25, 0.3) is 6.43 Å². The Bertz CT molecular complexity index is 887. The number of fused-ring (bicyclic) bond motifs is 1. The maximum Gasteiger partial charge on any atom is 0.272 e. The Morgan fingerprint density at radius 2 is 2.12 bits per heavy atom. The van der Waals surface area contributed by atoms with Crippen LogP contribution >= 0.6 is 22.6 Å². The van der Waals surface area contributed by atoms with E-state index in [1.165, 1.54) is 18.2 Å². The molecule has 1 aromatic carbocycles. The van der Waals surface area contributed by atoms with Crippen molar-refractivity contribution in [3.63, 3.8) is 0 Å². The number of ether oxygens (including phenoxy) is 1. The third kappa shape index (κ3) is 4.14. The molecule has 1 N–H and O–H groups in total. The monoisotopic (exact) mass is 462 g/mol. The maximum absolute atomic E-state index is 13.6. The minimum Gasteiger partial charge on any atom is -0.487 e. The molecule has 5 nitrogen and oxygen atoms in total. The SMILES string of the molecule is CC(Nc1ccn2ncc(I)c2n1)c1cc(F)ccc1OCC(F)F. The molecule has 132 valence electrons. The molecular weight excluding hydrogens is 448 g/mol.